The number of carboxylic acid groups (broad SMARTS) is 1. The van der Waals surface area contributed by atoms with Gasteiger partial charge in [0.25, 0.3) is 0 Å². The molecule has 51 heavy (non-hydrogen) atoms. The molecule has 1 aliphatic carbocycles. The van der Waals surface area contributed by atoms with Crippen molar-refractivity contribution in [1.82, 2.24) is 4.58 Å². The minimum Gasteiger partial charge on any atom is -0.748 e. The molecular weight excluding hydrogens is 704 g/mol. The maximum Gasteiger partial charge on any atom is 1.00 e. The average Bonchev–Trinajstić information content (AvgIpc) is 3.22. The van der Waals surface area contributed by atoms with Gasteiger partial charge >= 0.3 is 35.5 Å². The van der Waals surface area contributed by atoms with Crippen LogP contribution in [0.1, 0.15) is 90.5 Å². The van der Waals surface area contributed by atoms with Crippen LogP contribution < -0.4 is 44.4 Å². The Kier molecular flexibility index (Phi) is 14.1. The molecule has 0 radical (unpaired) electrons. The molecule has 0 bridgehead atoms. The van der Waals surface area contributed by atoms with Gasteiger partial charge in [0, 0.05) is 59.0 Å². The monoisotopic (exact) mass is 750 g/mol. The van der Waals surface area contributed by atoms with Gasteiger partial charge in [-0.3, -0.25) is 4.79 Å². The van der Waals surface area contributed by atoms with Crippen LogP contribution in [0.15, 0.2) is 69.6 Å². The van der Waals surface area contributed by atoms with Gasteiger partial charge in [-0.05, 0) is 67.3 Å². The summed E-state index contributed by atoms with van der Waals surface area (Å²) in [5.41, 5.74) is 3.25. The van der Waals surface area contributed by atoms with E-state index in [4.69, 9.17) is 9.52 Å². The molecule has 2 aliphatic heterocycles. The summed E-state index contributed by atoms with van der Waals surface area (Å²) < 4.78 is 77.6. The molecule has 0 saturated heterocycles. The first-order valence-electron chi connectivity index (χ1n) is 16.8. The summed E-state index contributed by atoms with van der Waals surface area (Å²) in [6.45, 7) is 13.7. The Morgan fingerprint density at radius 3 is 2.31 bits per heavy atom. The molecule has 0 fully saturated rings. The van der Waals surface area contributed by atoms with Crippen molar-refractivity contribution in [1.29, 1.82) is 0 Å². The third-order valence-corrected chi connectivity index (χ3v) is 10.7. The van der Waals surface area contributed by atoms with Gasteiger partial charge in [0.2, 0.25) is 5.36 Å². The smallest absolute Gasteiger partial charge is 0.748 e. The Bertz CT molecular complexity index is 2060. The number of unbranched alkanes of at least 4 members (excludes halogenated alkanes) is 2. The maximum absolute atomic E-state index is 11.9. The summed E-state index contributed by atoms with van der Waals surface area (Å²) >= 11 is 0. The molecule has 11 nitrogen and oxygen atoms in total. The Balaban J connectivity index is 0.00000702. The number of benzene rings is 2. The van der Waals surface area contributed by atoms with Crippen molar-refractivity contribution < 1.29 is 69.8 Å². The summed E-state index contributed by atoms with van der Waals surface area (Å²) in [6, 6.07) is 12.3. The predicted octanol–water partition coefficient (Wildman–Crippen LogP) is 2.66. The minimum atomic E-state index is -4.66. The first kappa shape index (κ1) is 42.6. The Morgan fingerprint density at radius 1 is 1.00 bits per heavy atom. The molecule has 2 heterocycles. The molecule has 272 valence electrons. The molecule has 0 unspecified atom stereocenters. The van der Waals surface area contributed by atoms with Crippen molar-refractivity contribution in [2.24, 2.45) is 0 Å². The molecule has 3 aliphatic rings. The van der Waals surface area contributed by atoms with Crippen molar-refractivity contribution in [2.75, 3.05) is 30.3 Å². The van der Waals surface area contributed by atoms with E-state index in [1.54, 1.807) is 6.07 Å². The van der Waals surface area contributed by atoms with Crippen LogP contribution in [0.5, 0.6) is 0 Å². The molecular formula is C37H47N2NaO9S2. The van der Waals surface area contributed by atoms with E-state index >= 15 is 0 Å². The predicted molar refractivity (Wildman–Crippen MR) is 192 cm³/mol. The van der Waals surface area contributed by atoms with Crippen LogP contribution in [0.25, 0.3) is 17.4 Å². The molecule has 0 aromatic heterocycles. The number of aliphatic carboxylic acids is 1. The van der Waals surface area contributed by atoms with Crippen LogP contribution in [0.2, 0.25) is 0 Å². The van der Waals surface area contributed by atoms with Crippen molar-refractivity contribution in [3.05, 3.63) is 82.6 Å². The minimum absolute atomic E-state index is 0. The summed E-state index contributed by atoms with van der Waals surface area (Å²) in [4.78, 5) is 12.8. The molecule has 14 heteroatoms. The summed E-state index contributed by atoms with van der Waals surface area (Å²) in [5, 5.41) is 9.89. The zero-order chi connectivity index (χ0) is 37.1. The Labute approximate surface area is 323 Å². The number of fused-ring (bicyclic) bond motifs is 2. The number of anilines is 1. The second kappa shape index (κ2) is 16.9. The van der Waals surface area contributed by atoms with Gasteiger partial charge in [0.15, 0.2) is 0 Å². The number of nitrogens with zero attached hydrogens (tertiary/aromatic N) is 2. The number of rotatable bonds is 14. The van der Waals surface area contributed by atoms with Gasteiger partial charge in [0.1, 0.15) is 34.7 Å². The SMILES string of the molecule is CC[N+](CCCS(=O)(=O)[O-])=c1ccc2c(/C=C/C=C3/N(CCCCCC(=O)O)c4ccc(S(=O)(=O)[O-])cc4C3(C)C)cc(C(C)(C)C)oc-2c1.[Na+]. The number of carboxylic acids is 1. The van der Waals surface area contributed by atoms with Crippen LogP contribution in [0.3, 0.4) is 0 Å². The van der Waals surface area contributed by atoms with E-state index in [1.807, 2.05) is 67.8 Å². The zero-order valence-corrected chi connectivity index (χ0v) is 34.2. The van der Waals surface area contributed by atoms with E-state index in [1.165, 1.54) is 12.1 Å². The third-order valence-electron chi connectivity index (χ3n) is 9.05. The average molecular weight is 751 g/mol. The van der Waals surface area contributed by atoms with E-state index in [0.29, 0.717) is 38.2 Å². The fraction of sp³-hybridized carbons (Fsp3) is 0.459. The Morgan fingerprint density at radius 2 is 1.71 bits per heavy atom. The van der Waals surface area contributed by atoms with Gasteiger partial charge in [0.05, 0.1) is 21.1 Å². The molecule has 0 amide bonds. The number of hydrogen-bond donors (Lipinski definition) is 1. The van der Waals surface area contributed by atoms with Crippen molar-refractivity contribution >= 4 is 38.0 Å². The summed E-state index contributed by atoms with van der Waals surface area (Å²) in [6.07, 6.45) is 8.22. The number of allylic oxidation sites excluding steroid dienone is 3. The van der Waals surface area contributed by atoms with Gasteiger partial charge in [-0.2, -0.15) is 0 Å². The standard InChI is InChI=1S/C37H48N2O9S2.Na/c1-7-38(20-12-22-49(42,43)44)27-16-18-29-26(23-34(36(2,3)4)48-32(29)24-27)13-11-14-33-37(5,6)30-25-28(50(45,46)47)17-19-31(30)39(33)21-10-8-9-15-35(40)41;/h11,13-14,16-19,23-25H,7-10,12,15,20-22H2,1-6H3,(H2-,40,41,42,43,44,45,46,47);/q;+1/p-1. The normalized spacial score (nSPS) is 16.1. The van der Waals surface area contributed by atoms with Crippen molar-refractivity contribution in [3.8, 4) is 11.3 Å². The second-order valence-corrected chi connectivity index (χ2v) is 17.1. The molecule has 0 atom stereocenters. The van der Waals surface area contributed by atoms with Crippen LogP contribution in [0, 0.1) is 0 Å². The molecule has 1 aromatic carbocycles. The van der Waals surface area contributed by atoms with Crippen molar-refractivity contribution in [2.45, 2.75) is 89.4 Å². The largest absolute Gasteiger partial charge is 1.00 e. The fourth-order valence-electron chi connectivity index (χ4n) is 6.32. The first-order valence-corrected chi connectivity index (χ1v) is 19.8. The van der Waals surface area contributed by atoms with Gasteiger partial charge in [-0.25, -0.2) is 21.4 Å². The number of carbonyl (C=O) groups is 1. The summed E-state index contributed by atoms with van der Waals surface area (Å²) in [5.74, 6) is 0.152. The molecule has 4 rings (SSSR count). The summed E-state index contributed by atoms with van der Waals surface area (Å²) in [7, 11) is -8.96. The zero-order valence-electron chi connectivity index (χ0n) is 30.6. The third kappa shape index (κ3) is 10.9. The van der Waals surface area contributed by atoms with Crippen LogP contribution in [-0.4, -0.2) is 62.4 Å². The second-order valence-electron chi connectivity index (χ2n) is 14.2. The van der Waals surface area contributed by atoms with Gasteiger partial charge < -0.3 is 23.5 Å². The molecule has 1 N–H and O–H groups in total. The van der Waals surface area contributed by atoms with Gasteiger partial charge in [-0.15, -0.1) is 0 Å². The van der Waals surface area contributed by atoms with Gasteiger partial charge in [-0.1, -0.05) is 53.2 Å². The van der Waals surface area contributed by atoms with Crippen LogP contribution >= 0.6 is 0 Å². The fourth-order valence-corrected chi connectivity index (χ4v) is 7.30. The number of hydrogen-bond acceptors (Lipinski definition) is 9. The molecule has 0 saturated carbocycles. The quantitative estimate of drug-likeness (QED) is 0.112. The van der Waals surface area contributed by atoms with E-state index in [2.05, 4.69) is 25.7 Å². The Hall–Kier alpha value is -2.78. The topological polar surface area (TPSA) is 171 Å². The first-order chi connectivity index (χ1) is 23.2. The van der Waals surface area contributed by atoms with E-state index in [0.717, 1.165) is 45.6 Å². The van der Waals surface area contributed by atoms with Crippen LogP contribution in [0.4, 0.5) is 5.69 Å². The van der Waals surface area contributed by atoms with Crippen molar-refractivity contribution in [3.63, 3.8) is 0 Å². The molecule has 0 spiro atoms. The van der Waals surface area contributed by atoms with E-state index < -0.39 is 37.4 Å². The molecule has 1 aromatic rings. The maximum atomic E-state index is 11.9. The van der Waals surface area contributed by atoms with E-state index in [9.17, 15) is 30.7 Å². The van der Waals surface area contributed by atoms with E-state index in [-0.39, 0.29) is 52.7 Å². The van der Waals surface area contributed by atoms with Crippen LogP contribution in [-0.2, 0) is 35.9 Å².